The van der Waals surface area contributed by atoms with Crippen LogP contribution in [0.5, 0.6) is 0 Å². The fourth-order valence-electron chi connectivity index (χ4n) is 1.61. The highest BCUT2D eigenvalue weighted by atomic mass is 79.9. The van der Waals surface area contributed by atoms with E-state index in [1.54, 1.807) is 0 Å². The van der Waals surface area contributed by atoms with E-state index in [9.17, 15) is 13.6 Å². The van der Waals surface area contributed by atoms with Gasteiger partial charge >= 0.3 is 0 Å². The monoisotopic (exact) mass is 340 g/mol. The molecule has 2 aromatic rings. The Balaban J connectivity index is 1.94. The number of halogens is 3. The molecule has 0 saturated heterocycles. The Morgan fingerprint density at radius 3 is 2.25 bits per heavy atom. The summed E-state index contributed by atoms with van der Waals surface area (Å²) in [6.45, 7) is 0.342. The van der Waals surface area contributed by atoms with Crippen molar-refractivity contribution >= 4 is 21.8 Å². The van der Waals surface area contributed by atoms with E-state index < -0.39 is 23.1 Å². The minimum absolute atomic E-state index is 0.342. The zero-order chi connectivity index (χ0) is 14.5. The second-order valence-corrected chi connectivity index (χ2v) is 4.95. The molecule has 0 aliphatic rings. The lowest BCUT2D eigenvalue weighted by Crippen LogP contribution is -2.37. The van der Waals surface area contributed by atoms with E-state index in [1.165, 1.54) is 6.07 Å². The van der Waals surface area contributed by atoms with Gasteiger partial charge in [-0.3, -0.25) is 10.2 Å². The molecule has 20 heavy (non-hydrogen) atoms. The number of amides is 1. The highest BCUT2D eigenvalue weighted by Crippen LogP contribution is 2.12. The largest absolute Gasteiger partial charge is 0.287 e. The van der Waals surface area contributed by atoms with Gasteiger partial charge in [0.1, 0.15) is 17.2 Å². The molecule has 1 amide bonds. The first-order valence-electron chi connectivity index (χ1n) is 5.79. The van der Waals surface area contributed by atoms with Crippen molar-refractivity contribution < 1.29 is 13.6 Å². The zero-order valence-electron chi connectivity index (χ0n) is 10.3. The van der Waals surface area contributed by atoms with Gasteiger partial charge in [0.15, 0.2) is 0 Å². The molecule has 0 saturated carbocycles. The van der Waals surface area contributed by atoms with Crippen LogP contribution in [0, 0.1) is 11.6 Å². The molecule has 0 radical (unpaired) electrons. The van der Waals surface area contributed by atoms with Gasteiger partial charge in [-0.2, -0.15) is 0 Å². The summed E-state index contributed by atoms with van der Waals surface area (Å²) in [6.07, 6.45) is 0. The van der Waals surface area contributed by atoms with Gasteiger partial charge in [0.2, 0.25) is 0 Å². The Morgan fingerprint density at radius 1 is 1.05 bits per heavy atom. The summed E-state index contributed by atoms with van der Waals surface area (Å²) in [4.78, 5) is 11.7. The number of rotatable bonds is 4. The van der Waals surface area contributed by atoms with E-state index in [0.717, 1.165) is 22.2 Å². The predicted octanol–water partition coefficient (Wildman–Crippen LogP) is 3.16. The lowest BCUT2D eigenvalue weighted by molar-refractivity contribution is 0.0923. The lowest BCUT2D eigenvalue weighted by atomic mass is 10.2. The van der Waals surface area contributed by atoms with Crippen LogP contribution >= 0.6 is 15.9 Å². The molecule has 0 heterocycles. The summed E-state index contributed by atoms with van der Waals surface area (Å²) < 4.78 is 27.7. The van der Waals surface area contributed by atoms with Crippen LogP contribution in [0.25, 0.3) is 0 Å². The van der Waals surface area contributed by atoms with Crippen molar-refractivity contribution in [1.82, 2.24) is 10.9 Å². The van der Waals surface area contributed by atoms with E-state index in [0.29, 0.717) is 6.54 Å². The second kappa shape index (κ2) is 6.58. The Morgan fingerprint density at radius 2 is 1.65 bits per heavy atom. The molecule has 2 N–H and O–H groups in total. The third-order valence-corrected chi connectivity index (χ3v) is 3.13. The van der Waals surface area contributed by atoms with Crippen LogP contribution in [0.3, 0.4) is 0 Å². The summed E-state index contributed by atoms with van der Waals surface area (Å²) in [5.41, 5.74) is 5.21. The smallest absolute Gasteiger partial charge is 0.271 e. The summed E-state index contributed by atoms with van der Waals surface area (Å²) in [7, 11) is 0. The average molecular weight is 341 g/mol. The first-order valence-corrected chi connectivity index (χ1v) is 6.59. The fraction of sp³-hybridized carbons (Fsp3) is 0.0714. The third-order valence-electron chi connectivity index (χ3n) is 2.60. The fourth-order valence-corrected chi connectivity index (χ4v) is 1.87. The maximum atomic E-state index is 13.4. The predicted molar refractivity (Wildman–Crippen MR) is 74.8 cm³/mol. The zero-order valence-corrected chi connectivity index (χ0v) is 11.9. The van der Waals surface area contributed by atoms with Crippen LogP contribution in [0.2, 0.25) is 0 Å². The number of hydrazine groups is 1. The van der Waals surface area contributed by atoms with E-state index in [4.69, 9.17) is 0 Å². The van der Waals surface area contributed by atoms with Crippen LogP contribution < -0.4 is 10.9 Å². The maximum absolute atomic E-state index is 13.4. The molecule has 0 spiro atoms. The summed E-state index contributed by atoms with van der Waals surface area (Å²) in [5, 5.41) is 0. The quantitative estimate of drug-likeness (QED) is 0.839. The summed E-state index contributed by atoms with van der Waals surface area (Å²) in [5.74, 6) is -2.64. The van der Waals surface area contributed by atoms with E-state index in [1.807, 2.05) is 24.3 Å². The van der Waals surface area contributed by atoms with Crippen LogP contribution in [0.15, 0.2) is 46.9 Å². The molecule has 0 fully saturated rings. The topological polar surface area (TPSA) is 41.1 Å². The second-order valence-electron chi connectivity index (χ2n) is 4.03. The Bertz CT molecular complexity index is 597. The molecule has 0 aliphatic heterocycles. The van der Waals surface area contributed by atoms with Crippen LogP contribution in [-0.4, -0.2) is 5.91 Å². The van der Waals surface area contributed by atoms with Crippen molar-refractivity contribution in [3.63, 3.8) is 0 Å². The van der Waals surface area contributed by atoms with E-state index in [-0.39, 0.29) is 0 Å². The number of hydrogen-bond acceptors (Lipinski definition) is 2. The number of carbonyl (C=O) groups is 1. The van der Waals surface area contributed by atoms with Gasteiger partial charge in [0, 0.05) is 11.0 Å². The molecule has 6 heteroatoms. The molecule has 2 aromatic carbocycles. The SMILES string of the molecule is O=C(NNCc1ccc(Br)cc1)c1c(F)cccc1F. The number of nitrogens with one attached hydrogen (secondary N) is 2. The molecule has 0 aliphatic carbocycles. The lowest BCUT2D eigenvalue weighted by Gasteiger charge is -2.08. The van der Waals surface area contributed by atoms with Crippen LogP contribution in [0.4, 0.5) is 8.78 Å². The van der Waals surface area contributed by atoms with Gasteiger partial charge in [-0.15, -0.1) is 0 Å². The minimum atomic E-state index is -0.895. The Hall–Kier alpha value is -1.79. The van der Waals surface area contributed by atoms with Gasteiger partial charge < -0.3 is 0 Å². The molecule has 0 bridgehead atoms. The molecule has 0 unspecified atom stereocenters. The van der Waals surface area contributed by atoms with Gasteiger partial charge in [-0.25, -0.2) is 14.2 Å². The molecule has 104 valence electrons. The van der Waals surface area contributed by atoms with Crippen LogP contribution in [-0.2, 0) is 6.54 Å². The van der Waals surface area contributed by atoms with Crippen molar-refractivity contribution in [3.05, 3.63) is 69.7 Å². The van der Waals surface area contributed by atoms with Crippen molar-refractivity contribution in [2.24, 2.45) is 0 Å². The summed E-state index contributed by atoms with van der Waals surface area (Å²) in [6, 6.07) is 10.7. The standard InChI is InChI=1S/C14H11BrF2N2O/c15-10-6-4-9(5-7-10)8-18-19-14(20)13-11(16)2-1-3-12(13)17/h1-7,18H,8H2,(H,19,20). The van der Waals surface area contributed by atoms with Crippen molar-refractivity contribution in [1.29, 1.82) is 0 Å². The highest BCUT2D eigenvalue weighted by molar-refractivity contribution is 9.10. The van der Waals surface area contributed by atoms with Gasteiger partial charge in [-0.1, -0.05) is 34.1 Å². The van der Waals surface area contributed by atoms with Crippen LogP contribution in [0.1, 0.15) is 15.9 Å². The van der Waals surface area contributed by atoms with Gasteiger partial charge in [0.05, 0.1) is 0 Å². The molecule has 3 nitrogen and oxygen atoms in total. The molecular formula is C14H11BrF2N2O. The third kappa shape index (κ3) is 3.61. The van der Waals surface area contributed by atoms with Gasteiger partial charge in [-0.05, 0) is 29.8 Å². The average Bonchev–Trinajstić information content (AvgIpc) is 2.41. The number of carbonyl (C=O) groups excluding carboxylic acids is 1. The van der Waals surface area contributed by atoms with Gasteiger partial charge in [0.25, 0.3) is 5.91 Å². The highest BCUT2D eigenvalue weighted by Gasteiger charge is 2.16. The van der Waals surface area contributed by atoms with Crippen molar-refractivity contribution in [2.75, 3.05) is 0 Å². The maximum Gasteiger partial charge on any atom is 0.271 e. The molecule has 0 aromatic heterocycles. The Labute approximate surface area is 123 Å². The van der Waals surface area contributed by atoms with Crippen molar-refractivity contribution in [2.45, 2.75) is 6.54 Å². The normalized spacial score (nSPS) is 10.3. The number of hydrogen-bond donors (Lipinski definition) is 2. The Kier molecular flexibility index (Phi) is 4.81. The van der Waals surface area contributed by atoms with E-state index >= 15 is 0 Å². The summed E-state index contributed by atoms with van der Waals surface area (Å²) >= 11 is 3.31. The molecular weight excluding hydrogens is 330 g/mol. The minimum Gasteiger partial charge on any atom is -0.287 e. The van der Waals surface area contributed by atoms with E-state index in [2.05, 4.69) is 26.8 Å². The first-order chi connectivity index (χ1) is 9.58. The number of benzene rings is 2. The first kappa shape index (κ1) is 14.6. The molecule has 0 atom stereocenters. The van der Waals surface area contributed by atoms with Crippen molar-refractivity contribution in [3.8, 4) is 0 Å². The molecule has 2 rings (SSSR count).